The highest BCUT2D eigenvalue weighted by Crippen LogP contribution is 2.40. The zero-order valence-electron chi connectivity index (χ0n) is 19.1. The summed E-state index contributed by atoms with van der Waals surface area (Å²) in [6.07, 6.45) is 5.65. The Kier molecular flexibility index (Phi) is 6.82. The minimum atomic E-state index is -0.840. The van der Waals surface area contributed by atoms with Gasteiger partial charge in [-0.25, -0.2) is 9.18 Å². The molecule has 2 atom stereocenters. The Hall–Kier alpha value is -3.15. The molecular formula is C27H31FN2O3. The normalized spacial score (nSPS) is 21.9. The number of cyclic esters (lactones) is 1. The molecule has 2 saturated heterocycles. The average molecular weight is 451 g/mol. The lowest BCUT2D eigenvalue weighted by Crippen LogP contribution is -2.48. The molecule has 0 saturated carbocycles. The molecule has 5 nitrogen and oxygen atoms in total. The van der Waals surface area contributed by atoms with Gasteiger partial charge in [-0.2, -0.15) is 0 Å². The third kappa shape index (κ3) is 4.80. The van der Waals surface area contributed by atoms with Crippen LogP contribution in [0.2, 0.25) is 0 Å². The zero-order valence-corrected chi connectivity index (χ0v) is 19.1. The Labute approximate surface area is 194 Å². The Morgan fingerprint density at radius 3 is 2.36 bits per heavy atom. The van der Waals surface area contributed by atoms with Gasteiger partial charge in [0.05, 0.1) is 6.04 Å². The molecule has 0 radical (unpaired) electrons. The fourth-order valence-corrected chi connectivity index (χ4v) is 4.84. The number of hydrogen-bond donors (Lipinski definition) is 0. The number of benzene rings is 2. The van der Waals surface area contributed by atoms with Gasteiger partial charge in [-0.1, -0.05) is 30.3 Å². The van der Waals surface area contributed by atoms with E-state index in [0.717, 1.165) is 37.1 Å². The number of hydrogen-bond acceptors (Lipinski definition) is 3. The molecule has 2 aliphatic heterocycles. The number of likely N-dealkylation sites (tertiary alicyclic amines) is 1. The van der Waals surface area contributed by atoms with Gasteiger partial charge in [0, 0.05) is 38.0 Å². The second-order valence-electron chi connectivity index (χ2n) is 8.96. The predicted molar refractivity (Wildman–Crippen MR) is 125 cm³/mol. The average Bonchev–Trinajstić information content (AvgIpc) is 2.84. The lowest BCUT2D eigenvalue weighted by molar-refractivity contribution is -0.0588. The molecule has 0 aliphatic carbocycles. The van der Waals surface area contributed by atoms with E-state index in [9.17, 15) is 14.0 Å². The third-order valence-corrected chi connectivity index (χ3v) is 6.87. The van der Waals surface area contributed by atoms with E-state index in [1.165, 1.54) is 18.6 Å². The topological polar surface area (TPSA) is 49.9 Å². The van der Waals surface area contributed by atoms with Gasteiger partial charge in [0.1, 0.15) is 11.4 Å². The molecule has 2 aromatic rings. The summed E-state index contributed by atoms with van der Waals surface area (Å²) in [5.41, 5.74) is 1.55. The SMILES string of the molecule is C=CC[C@]1(c2ccc(F)cc2)CCN([C@@H](C)c2ccc(C(=O)N3CCCCC3)cc2)C(=O)O1. The van der Waals surface area contributed by atoms with E-state index in [1.54, 1.807) is 23.1 Å². The van der Waals surface area contributed by atoms with Crippen molar-refractivity contribution in [2.24, 2.45) is 0 Å². The standard InChI is InChI=1S/C27H31FN2O3/c1-3-15-27(23-11-13-24(28)14-12-23)16-19-30(26(32)33-27)20(2)21-7-9-22(10-8-21)25(31)29-17-5-4-6-18-29/h3,7-14,20H,1,4-6,15-19H2,2H3/t20-,27+/m0/s1. The molecule has 0 spiro atoms. The maximum absolute atomic E-state index is 13.4. The van der Waals surface area contributed by atoms with Crippen LogP contribution in [0.5, 0.6) is 0 Å². The molecule has 0 bridgehead atoms. The molecule has 2 aromatic carbocycles. The molecular weight excluding hydrogens is 419 g/mol. The quantitative estimate of drug-likeness (QED) is 0.521. The number of amides is 2. The van der Waals surface area contributed by atoms with Crippen molar-refractivity contribution in [2.45, 2.75) is 50.7 Å². The van der Waals surface area contributed by atoms with Crippen molar-refractivity contribution in [3.8, 4) is 0 Å². The number of piperidine rings is 1. The van der Waals surface area contributed by atoms with Crippen molar-refractivity contribution >= 4 is 12.0 Å². The Morgan fingerprint density at radius 2 is 1.76 bits per heavy atom. The van der Waals surface area contributed by atoms with Crippen LogP contribution in [0.1, 0.15) is 66.6 Å². The van der Waals surface area contributed by atoms with Crippen LogP contribution in [0.4, 0.5) is 9.18 Å². The molecule has 2 fully saturated rings. The van der Waals surface area contributed by atoms with Crippen molar-refractivity contribution < 1.29 is 18.7 Å². The van der Waals surface area contributed by atoms with Crippen LogP contribution in [-0.4, -0.2) is 41.4 Å². The second kappa shape index (κ2) is 9.77. The van der Waals surface area contributed by atoms with Crippen molar-refractivity contribution in [2.75, 3.05) is 19.6 Å². The van der Waals surface area contributed by atoms with Crippen LogP contribution < -0.4 is 0 Å². The number of carbonyl (C=O) groups excluding carboxylic acids is 2. The number of rotatable bonds is 6. The van der Waals surface area contributed by atoms with Crippen molar-refractivity contribution in [3.05, 3.63) is 83.7 Å². The number of ether oxygens (including phenoxy) is 1. The summed E-state index contributed by atoms with van der Waals surface area (Å²) in [5.74, 6) is -0.258. The lowest BCUT2D eigenvalue weighted by atomic mass is 9.85. The first kappa shape index (κ1) is 23.0. The summed E-state index contributed by atoms with van der Waals surface area (Å²) in [5, 5.41) is 0. The van der Waals surface area contributed by atoms with Crippen molar-refractivity contribution in [1.82, 2.24) is 9.80 Å². The van der Waals surface area contributed by atoms with Gasteiger partial charge < -0.3 is 14.5 Å². The van der Waals surface area contributed by atoms with Crippen molar-refractivity contribution in [1.29, 1.82) is 0 Å². The fraction of sp³-hybridized carbons (Fsp3) is 0.407. The molecule has 33 heavy (non-hydrogen) atoms. The third-order valence-electron chi connectivity index (χ3n) is 6.87. The Bertz CT molecular complexity index is 999. The first-order valence-corrected chi connectivity index (χ1v) is 11.7. The summed E-state index contributed by atoms with van der Waals surface area (Å²) in [6.45, 7) is 7.91. The van der Waals surface area contributed by atoms with Crippen molar-refractivity contribution in [3.63, 3.8) is 0 Å². The van der Waals surface area contributed by atoms with E-state index in [-0.39, 0.29) is 17.8 Å². The zero-order chi connectivity index (χ0) is 23.4. The van der Waals surface area contributed by atoms with E-state index >= 15 is 0 Å². The molecule has 0 unspecified atom stereocenters. The maximum Gasteiger partial charge on any atom is 0.411 e. The number of nitrogens with zero attached hydrogens (tertiary/aromatic N) is 2. The highest BCUT2D eigenvalue weighted by Gasteiger charge is 2.42. The van der Waals surface area contributed by atoms with E-state index in [4.69, 9.17) is 4.74 Å². The summed E-state index contributed by atoms with van der Waals surface area (Å²) >= 11 is 0. The number of halogens is 1. The highest BCUT2D eigenvalue weighted by molar-refractivity contribution is 5.94. The van der Waals surface area contributed by atoms with Crippen LogP contribution in [0, 0.1) is 5.82 Å². The summed E-state index contributed by atoms with van der Waals surface area (Å²) in [6, 6.07) is 13.4. The van der Waals surface area contributed by atoms with Crippen LogP contribution in [0.3, 0.4) is 0 Å². The monoisotopic (exact) mass is 450 g/mol. The van der Waals surface area contributed by atoms with E-state index in [2.05, 4.69) is 6.58 Å². The molecule has 0 N–H and O–H groups in total. The fourth-order valence-electron chi connectivity index (χ4n) is 4.84. The van der Waals surface area contributed by atoms with E-state index < -0.39 is 11.7 Å². The molecule has 2 aliphatic rings. The van der Waals surface area contributed by atoms with Crippen LogP contribution in [0.15, 0.2) is 61.2 Å². The van der Waals surface area contributed by atoms with Gasteiger partial charge >= 0.3 is 6.09 Å². The molecule has 174 valence electrons. The summed E-state index contributed by atoms with van der Waals surface area (Å²) in [7, 11) is 0. The smallest absolute Gasteiger partial charge is 0.411 e. The largest absolute Gasteiger partial charge is 0.437 e. The predicted octanol–water partition coefficient (Wildman–Crippen LogP) is 5.83. The molecule has 2 heterocycles. The molecule has 0 aromatic heterocycles. The Morgan fingerprint density at radius 1 is 1.09 bits per heavy atom. The summed E-state index contributed by atoms with van der Waals surface area (Å²) in [4.78, 5) is 29.4. The molecule has 2 amide bonds. The van der Waals surface area contributed by atoms with Gasteiger partial charge in [-0.3, -0.25) is 4.79 Å². The number of carbonyl (C=O) groups is 2. The van der Waals surface area contributed by atoms with Gasteiger partial charge in [0.15, 0.2) is 0 Å². The van der Waals surface area contributed by atoms with Gasteiger partial charge in [0.25, 0.3) is 5.91 Å². The minimum absolute atomic E-state index is 0.0693. The van der Waals surface area contributed by atoms with Crippen LogP contribution >= 0.6 is 0 Å². The highest BCUT2D eigenvalue weighted by atomic mass is 19.1. The second-order valence-corrected chi connectivity index (χ2v) is 8.96. The van der Waals surface area contributed by atoms with E-state index in [0.29, 0.717) is 24.9 Å². The molecule has 4 rings (SSSR count). The maximum atomic E-state index is 13.4. The lowest BCUT2D eigenvalue weighted by Gasteiger charge is -2.43. The summed E-state index contributed by atoms with van der Waals surface area (Å²) < 4.78 is 19.4. The van der Waals surface area contributed by atoms with Gasteiger partial charge in [-0.15, -0.1) is 6.58 Å². The molecule has 6 heteroatoms. The van der Waals surface area contributed by atoms with E-state index in [1.807, 2.05) is 36.1 Å². The van der Waals surface area contributed by atoms with Gasteiger partial charge in [0.2, 0.25) is 0 Å². The van der Waals surface area contributed by atoms with Gasteiger partial charge in [-0.05, 0) is 61.6 Å². The Balaban J connectivity index is 1.46. The minimum Gasteiger partial charge on any atom is -0.437 e. The first-order chi connectivity index (χ1) is 15.9. The first-order valence-electron chi connectivity index (χ1n) is 11.7. The van der Waals surface area contributed by atoms with Crippen LogP contribution in [-0.2, 0) is 10.3 Å². The van der Waals surface area contributed by atoms with Crippen LogP contribution in [0.25, 0.3) is 0 Å².